The number of fused-ring (bicyclic) bond motifs is 1. The molecule has 3 rings (SSSR count). The van der Waals surface area contributed by atoms with E-state index in [-0.39, 0.29) is 0 Å². The number of aromatic amines is 1. The molecule has 38 heavy (non-hydrogen) atoms. The predicted octanol–water partition coefficient (Wildman–Crippen LogP) is 5.15. The minimum Gasteiger partial charge on any atom is -0.492 e. The van der Waals surface area contributed by atoms with Crippen LogP contribution in [-0.4, -0.2) is 66.4 Å². The standard InChI is InChI=1S/C27H42N6O5/c1-8-11-12-17(25(34)29-20-15-16-28-31-20)33(26(35)36)23(27(4,5)6)24-30-21-18(37-9-2)13-14-19(38-10-3)22(21)32(24)7/h13-17,23,25,34H,8-12H2,1-7H3,(H,35,36)(H2,28,29,31)/t17-,23?,25+/m0/s1. The van der Waals surface area contributed by atoms with Crippen LogP contribution in [0.5, 0.6) is 11.5 Å². The number of imidazole rings is 1. The summed E-state index contributed by atoms with van der Waals surface area (Å²) >= 11 is 0. The molecule has 0 radical (unpaired) electrons. The van der Waals surface area contributed by atoms with Crippen LogP contribution in [0.3, 0.4) is 0 Å². The van der Waals surface area contributed by atoms with Gasteiger partial charge in [-0.3, -0.25) is 10.00 Å². The average Bonchev–Trinajstić information content (AvgIpc) is 3.47. The summed E-state index contributed by atoms with van der Waals surface area (Å²) in [7, 11) is 1.86. The molecular formula is C27H42N6O5. The first-order chi connectivity index (χ1) is 18.0. The summed E-state index contributed by atoms with van der Waals surface area (Å²) in [6, 6.07) is 3.89. The van der Waals surface area contributed by atoms with Crippen molar-refractivity contribution in [3.63, 3.8) is 0 Å². The SMILES string of the molecule is CCCC[C@@H]([C@@H](O)Nc1ccn[nH]1)N(C(=O)O)C(c1nc2c(OCC)ccc(OCC)c2n1C)C(C)(C)C. The molecule has 1 unspecified atom stereocenters. The zero-order chi connectivity index (χ0) is 28.0. The van der Waals surface area contributed by atoms with Crippen LogP contribution in [0.2, 0.25) is 0 Å². The van der Waals surface area contributed by atoms with E-state index in [0.717, 1.165) is 18.4 Å². The molecule has 0 aliphatic heterocycles. The summed E-state index contributed by atoms with van der Waals surface area (Å²) < 4.78 is 13.7. The number of rotatable bonds is 13. The summed E-state index contributed by atoms with van der Waals surface area (Å²) in [5.41, 5.74) is 0.758. The Bertz CT molecular complexity index is 1190. The second kappa shape index (κ2) is 12.4. The number of nitrogens with zero attached hydrogens (tertiary/aromatic N) is 4. The van der Waals surface area contributed by atoms with Crippen LogP contribution in [-0.2, 0) is 7.05 Å². The van der Waals surface area contributed by atoms with Crippen LogP contribution in [0.4, 0.5) is 10.6 Å². The first-order valence-electron chi connectivity index (χ1n) is 13.2. The molecular weight excluding hydrogens is 488 g/mol. The fourth-order valence-electron chi connectivity index (χ4n) is 4.89. The van der Waals surface area contributed by atoms with E-state index in [2.05, 4.69) is 15.5 Å². The maximum atomic E-state index is 13.0. The third kappa shape index (κ3) is 6.15. The molecule has 11 nitrogen and oxygen atoms in total. The van der Waals surface area contributed by atoms with Crippen molar-refractivity contribution in [2.24, 2.45) is 12.5 Å². The Hall–Kier alpha value is -3.47. The summed E-state index contributed by atoms with van der Waals surface area (Å²) in [4.78, 5) is 19.3. The van der Waals surface area contributed by atoms with E-state index in [0.29, 0.717) is 48.3 Å². The molecule has 3 aromatic rings. The number of aryl methyl sites for hydroxylation is 1. The van der Waals surface area contributed by atoms with Crippen molar-refractivity contribution in [2.45, 2.75) is 79.1 Å². The summed E-state index contributed by atoms with van der Waals surface area (Å²) in [6.07, 6.45) is 1.28. The van der Waals surface area contributed by atoms with E-state index in [9.17, 15) is 15.0 Å². The molecule has 0 saturated heterocycles. The number of aliphatic hydroxyl groups is 1. The molecule has 3 atom stereocenters. The molecule has 0 saturated carbocycles. The monoisotopic (exact) mass is 530 g/mol. The molecule has 2 aromatic heterocycles. The zero-order valence-corrected chi connectivity index (χ0v) is 23.5. The quantitative estimate of drug-likeness (QED) is 0.223. The number of hydrogen-bond donors (Lipinski definition) is 4. The Labute approximate surface area is 224 Å². The second-order valence-electron chi connectivity index (χ2n) is 10.4. The Morgan fingerprint density at radius 1 is 1.16 bits per heavy atom. The van der Waals surface area contributed by atoms with Crippen molar-refractivity contribution in [3.05, 3.63) is 30.2 Å². The van der Waals surface area contributed by atoms with Crippen molar-refractivity contribution in [3.8, 4) is 11.5 Å². The molecule has 0 aliphatic rings. The van der Waals surface area contributed by atoms with Gasteiger partial charge in [0.05, 0.1) is 31.5 Å². The van der Waals surface area contributed by atoms with Gasteiger partial charge in [0.25, 0.3) is 0 Å². The largest absolute Gasteiger partial charge is 0.492 e. The number of aliphatic hydroxyl groups excluding tert-OH is 1. The van der Waals surface area contributed by atoms with Crippen LogP contribution in [0.25, 0.3) is 11.0 Å². The number of benzene rings is 1. The van der Waals surface area contributed by atoms with Gasteiger partial charge < -0.3 is 29.6 Å². The van der Waals surface area contributed by atoms with Gasteiger partial charge in [-0.15, -0.1) is 0 Å². The lowest BCUT2D eigenvalue weighted by atomic mass is 9.83. The Kier molecular flexibility index (Phi) is 9.48. The number of carboxylic acid groups (broad SMARTS) is 1. The van der Waals surface area contributed by atoms with Gasteiger partial charge in [0.15, 0.2) is 0 Å². The molecule has 0 bridgehead atoms. The number of H-pyrrole nitrogens is 1. The average molecular weight is 531 g/mol. The molecule has 2 heterocycles. The van der Waals surface area contributed by atoms with E-state index in [1.807, 2.05) is 65.3 Å². The lowest BCUT2D eigenvalue weighted by Crippen LogP contribution is -2.54. The van der Waals surface area contributed by atoms with Gasteiger partial charge in [0.1, 0.15) is 40.4 Å². The Morgan fingerprint density at radius 3 is 2.37 bits per heavy atom. The highest BCUT2D eigenvalue weighted by atomic mass is 16.5. The topological polar surface area (TPSA) is 138 Å². The highest BCUT2D eigenvalue weighted by Gasteiger charge is 2.44. The summed E-state index contributed by atoms with van der Waals surface area (Å²) in [5.74, 6) is 2.29. The highest BCUT2D eigenvalue weighted by molar-refractivity contribution is 5.88. The molecule has 11 heteroatoms. The summed E-state index contributed by atoms with van der Waals surface area (Å²) in [5, 5.41) is 31.6. The fraction of sp³-hybridized carbons (Fsp3) is 0.593. The molecule has 1 aromatic carbocycles. The van der Waals surface area contributed by atoms with Crippen molar-refractivity contribution in [2.75, 3.05) is 18.5 Å². The van der Waals surface area contributed by atoms with Crippen LogP contribution < -0.4 is 14.8 Å². The number of anilines is 1. The van der Waals surface area contributed by atoms with E-state index in [1.54, 1.807) is 12.3 Å². The van der Waals surface area contributed by atoms with Crippen LogP contribution in [0.15, 0.2) is 24.4 Å². The van der Waals surface area contributed by atoms with Crippen molar-refractivity contribution in [1.29, 1.82) is 0 Å². The van der Waals surface area contributed by atoms with Gasteiger partial charge in [-0.25, -0.2) is 9.78 Å². The van der Waals surface area contributed by atoms with Crippen LogP contribution >= 0.6 is 0 Å². The maximum absolute atomic E-state index is 13.0. The first kappa shape index (κ1) is 29.1. The van der Waals surface area contributed by atoms with E-state index in [4.69, 9.17) is 14.5 Å². The molecule has 0 spiro atoms. The summed E-state index contributed by atoms with van der Waals surface area (Å²) in [6.45, 7) is 12.7. The van der Waals surface area contributed by atoms with Gasteiger partial charge in [0.2, 0.25) is 0 Å². The third-order valence-electron chi connectivity index (χ3n) is 6.53. The van der Waals surface area contributed by atoms with Crippen molar-refractivity contribution in [1.82, 2.24) is 24.6 Å². The van der Waals surface area contributed by atoms with E-state index < -0.39 is 29.8 Å². The van der Waals surface area contributed by atoms with Gasteiger partial charge in [-0.1, -0.05) is 40.5 Å². The Balaban J connectivity index is 2.21. The van der Waals surface area contributed by atoms with Crippen LogP contribution in [0, 0.1) is 5.41 Å². The van der Waals surface area contributed by atoms with E-state index >= 15 is 0 Å². The zero-order valence-electron chi connectivity index (χ0n) is 23.5. The van der Waals surface area contributed by atoms with Gasteiger partial charge in [-0.05, 0) is 37.8 Å². The maximum Gasteiger partial charge on any atom is 0.408 e. The number of carbonyl (C=O) groups is 1. The third-order valence-corrected chi connectivity index (χ3v) is 6.53. The molecule has 0 fully saturated rings. The number of amides is 1. The number of nitrogens with one attached hydrogen (secondary N) is 2. The first-order valence-corrected chi connectivity index (χ1v) is 13.2. The molecule has 210 valence electrons. The number of unbranched alkanes of at least 4 members (excludes halogenated alkanes) is 1. The molecule has 0 aliphatic carbocycles. The minimum atomic E-state index is -1.18. The lowest BCUT2D eigenvalue weighted by Gasteiger charge is -2.43. The number of aromatic nitrogens is 4. The fourth-order valence-corrected chi connectivity index (χ4v) is 4.89. The molecule has 1 amide bonds. The highest BCUT2D eigenvalue weighted by Crippen LogP contribution is 2.43. The normalized spacial score (nSPS) is 14.2. The van der Waals surface area contributed by atoms with Gasteiger partial charge >= 0.3 is 6.09 Å². The second-order valence-corrected chi connectivity index (χ2v) is 10.4. The molecule has 4 N–H and O–H groups in total. The van der Waals surface area contributed by atoms with Crippen LogP contribution in [0.1, 0.15) is 72.7 Å². The minimum absolute atomic E-state index is 0.454. The Morgan fingerprint density at radius 2 is 1.82 bits per heavy atom. The smallest absolute Gasteiger partial charge is 0.408 e. The number of ether oxygens (including phenoxy) is 2. The number of hydrogen-bond acceptors (Lipinski definition) is 7. The lowest BCUT2D eigenvalue weighted by molar-refractivity contribution is 0.000750. The van der Waals surface area contributed by atoms with Crippen molar-refractivity contribution >= 4 is 22.9 Å². The van der Waals surface area contributed by atoms with E-state index in [1.165, 1.54) is 4.90 Å². The van der Waals surface area contributed by atoms with Gasteiger partial charge in [-0.2, -0.15) is 5.10 Å². The van der Waals surface area contributed by atoms with Crippen molar-refractivity contribution < 1.29 is 24.5 Å². The van der Waals surface area contributed by atoms with Gasteiger partial charge in [0, 0.05) is 13.1 Å². The predicted molar refractivity (Wildman–Crippen MR) is 147 cm³/mol.